The van der Waals surface area contributed by atoms with Gasteiger partial charge in [0.15, 0.2) is 0 Å². The fourth-order valence-corrected chi connectivity index (χ4v) is 5.83. The number of aliphatic hydroxyl groups excluding tert-OH is 1. The van der Waals surface area contributed by atoms with Gasteiger partial charge in [-0.1, -0.05) is 35.9 Å². The number of carbonyl (C=O) groups is 3. The van der Waals surface area contributed by atoms with Gasteiger partial charge in [0.2, 0.25) is 17.7 Å². The standard InChI is InChI=1S/C23H25ClN2O4S/c1-25-19(27)13-23(22(25)30,16-5-2-3-6-17(16)24)14-20(28)26-10-8-15(9-11-26)21(29)18-7-4-12-31-18/h2-7,12,15,21,29H,8-11,13-14H2,1H3/t21-,23-/m1/s1. The minimum atomic E-state index is -1.27. The molecule has 0 unspecified atom stereocenters. The summed E-state index contributed by atoms with van der Waals surface area (Å²) in [6, 6.07) is 10.8. The van der Waals surface area contributed by atoms with Crippen molar-refractivity contribution in [1.29, 1.82) is 0 Å². The summed E-state index contributed by atoms with van der Waals surface area (Å²) in [4.78, 5) is 42.5. The van der Waals surface area contributed by atoms with E-state index in [2.05, 4.69) is 0 Å². The summed E-state index contributed by atoms with van der Waals surface area (Å²) >= 11 is 7.93. The summed E-state index contributed by atoms with van der Waals surface area (Å²) in [6.07, 6.45) is 0.706. The van der Waals surface area contributed by atoms with E-state index in [1.54, 1.807) is 29.2 Å². The van der Waals surface area contributed by atoms with Crippen molar-refractivity contribution in [3.63, 3.8) is 0 Å². The smallest absolute Gasteiger partial charge is 0.240 e. The van der Waals surface area contributed by atoms with Crippen molar-refractivity contribution in [3.8, 4) is 0 Å². The Hall–Kier alpha value is -2.22. The molecule has 2 atom stereocenters. The van der Waals surface area contributed by atoms with Crippen LogP contribution in [-0.4, -0.2) is 52.8 Å². The lowest BCUT2D eigenvalue weighted by Crippen LogP contribution is -2.45. The zero-order valence-corrected chi connectivity index (χ0v) is 18.9. The second kappa shape index (κ2) is 8.73. The number of benzene rings is 1. The van der Waals surface area contributed by atoms with Gasteiger partial charge in [0, 0.05) is 42.9 Å². The molecule has 4 rings (SSSR count). The second-order valence-corrected chi connectivity index (χ2v) is 9.74. The van der Waals surface area contributed by atoms with Crippen LogP contribution in [-0.2, 0) is 19.8 Å². The van der Waals surface area contributed by atoms with Crippen LogP contribution < -0.4 is 0 Å². The zero-order chi connectivity index (χ0) is 22.2. The van der Waals surface area contributed by atoms with Crippen LogP contribution in [0.1, 0.15) is 42.2 Å². The highest BCUT2D eigenvalue weighted by Gasteiger charge is 2.53. The van der Waals surface area contributed by atoms with Gasteiger partial charge in [-0.15, -0.1) is 11.3 Å². The van der Waals surface area contributed by atoms with Crippen LogP contribution in [0.5, 0.6) is 0 Å². The third kappa shape index (κ3) is 4.02. The number of amides is 3. The Kier molecular flexibility index (Phi) is 6.19. The first-order valence-corrected chi connectivity index (χ1v) is 11.6. The maximum atomic E-state index is 13.2. The van der Waals surface area contributed by atoms with Gasteiger partial charge >= 0.3 is 0 Å². The maximum absolute atomic E-state index is 13.2. The van der Waals surface area contributed by atoms with Crippen molar-refractivity contribution in [2.45, 2.75) is 37.2 Å². The number of nitrogens with zero attached hydrogens (tertiary/aromatic N) is 2. The highest BCUT2D eigenvalue weighted by Crippen LogP contribution is 2.43. The summed E-state index contributed by atoms with van der Waals surface area (Å²) < 4.78 is 0. The van der Waals surface area contributed by atoms with E-state index in [0.717, 1.165) is 9.78 Å². The Morgan fingerprint density at radius 1 is 1.23 bits per heavy atom. The molecule has 0 saturated carbocycles. The van der Waals surface area contributed by atoms with E-state index in [4.69, 9.17) is 11.6 Å². The van der Waals surface area contributed by atoms with E-state index in [9.17, 15) is 19.5 Å². The van der Waals surface area contributed by atoms with Gasteiger partial charge < -0.3 is 10.0 Å². The molecular weight excluding hydrogens is 436 g/mol. The fourth-order valence-electron chi connectivity index (χ4n) is 4.71. The Labute approximate surface area is 190 Å². The van der Waals surface area contributed by atoms with Gasteiger partial charge in [-0.25, -0.2) is 0 Å². The lowest BCUT2D eigenvalue weighted by molar-refractivity contribution is -0.142. The number of hydrogen-bond acceptors (Lipinski definition) is 5. The number of thiophene rings is 1. The normalized spacial score (nSPS) is 23.5. The number of likely N-dealkylation sites (tertiary alicyclic amines) is 2. The van der Waals surface area contributed by atoms with Crippen molar-refractivity contribution >= 4 is 40.7 Å². The molecule has 1 aromatic heterocycles. The van der Waals surface area contributed by atoms with Crippen molar-refractivity contribution in [2.24, 2.45) is 5.92 Å². The average molecular weight is 461 g/mol. The van der Waals surface area contributed by atoms with Crippen LogP contribution in [0.3, 0.4) is 0 Å². The first kappa shape index (κ1) is 22.0. The quantitative estimate of drug-likeness (QED) is 0.694. The van der Waals surface area contributed by atoms with E-state index in [1.807, 2.05) is 17.5 Å². The molecule has 8 heteroatoms. The van der Waals surface area contributed by atoms with Crippen molar-refractivity contribution in [3.05, 3.63) is 57.2 Å². The largest absolute Gasteiger partial charge is 0.387 e. The minimum absolute atomic E-state index is 0.0641. The number of imide groups is 1. The average Bonchev–Trinajstić information content (AvgIpc) is 3.38. The van der Waals surface area contributed by atoms with Gasteiger partial charge in [-0.05, 0) is 41.8 Å². The van der Waals surface area contributed by atoms with Crippen LogP contribution in [0.25, 0.3) is 0 Å². The Morgan fingerprint density at radius 2 is 1.94 bits per heavy atom. The summed E-state index contributed by atoms with van der Waals surface area (Å²) in [5.74, 6) is -0.765. The van der Waals surface area contributed by atoms with Crippen molar-refractivity contribution in [1.82, 2.24) is 9.80 Å². The van der Waals surface area contributed by atoms with Crippen LogP contribution in [0, 0.1) is 5.92 Å². The Bertz CT molecular complexity index is 987. The highest BCUT2D eigenvalue weighted by atomic mass is 35.5. The van der Waals surface area contributed by atoms with E-state index in [0.29, 0.717) is 36.5 Å². The van der Waals surface area contributed by atoms with Crippen LogP contribution in [0.15, 0.2) is 41.8 Å². The molecule has 3 heterocycles. The van der Waals surface area contributed by atoms with E-state index in [1.165, 1.54) is 18.4 Å². The monoisotopic (exact) mass is 460 g/mol. The molecule has 164 valence electrons. The number of hydrogen-bond donors (Lipinski definition) is 1. The van der Waals surface area contributed by atoms with E-state index >= 15 is 0 Å². The molecule has 3 amide bonds. The number of rotatable bonds is 5. The fraction of sp³-hybridized carbons (Fsp3) is 0.435. The number of carbonyl (C=O) groups excluding carboxylic acids is 3. The second-order valence-electron chi connectivity index (χ2n) is 8.35. The zero-order valence-electron chi connectivity index (χ0n) is 17.3. The molecule has 1 aromatic carbocycles. The lowest BCUT2D eigenvalue weighted by Gasteiger charge is -2.36. The van der Waals surface area contributed by atoms with Gasteiger partial charge in [0.1, 0.15) is 0 Å². The van der Waals surface area contributed by atoms with Gasteiger partial charge in [-0.2, -0.15) is 0 Å². The first-order chi connectivity index (χ1) is 14.8. The highest BCUT2D eigenvalue weighted by molar-refractivity contribution is 7.10. The summed E-state index contributed by atoms with van der Waals surface area (Å²) in [5.41, 5.74) is -0.745. The molecule has 0 radical (unpaired) electrons. The molecule has 2 saturated heterocycles. The number of halogens is 1. The molecule has 2 aliphatic rings. The SMILES string of the molecule is CN1C(=O)C[C@@](CC(=O)N2CCC([C@@H](O)c3cccs3)CC2)(c2ccccc2Cl)C1=O. The molecule has 6 nitrogen and oxygen atoms in total. The molecule has 0 spiro atoms. The van der Waals surface area contributed by atoms with Gasteiger partial charge in [-0.3, -0.25) is 19.3 Å². The van der Waals surface area contributed by atoms with E-state index < -0.39 is 11.5 Å². The van der Waals surface area contributed by atoms with Gasteiger partial charge in [0.05, 0.1) is 11.5 Å². The van der Waals surface area contributed by atoms with Crippen molar-refractivity contribution in [2.75, 3.05) is 20.1 Å². The maximum Gasteiger partial charge on any atom is 0.240 e. The third-order valence-corrected chi connectivity index (χ3v) is 7.83. The molecule has 2 aromatic rings. The predicted molar refractivity (Wildman–Crippen MR) is 119 cm³/mol. The molecule has 2 aliphatic heterocycles. The Morgan fingerprint density at radius 3 is 2.52 bits per heavy atom. The molecule has 31 heavy (non-hydrogen) atoms. The predicted octanol–water partition coefficient (Wildman–Crippen LogP) is 3.39. The molecular formula is C23H25ClN2O4S. The number of likely N-dealkylation sites (N-methyl/N-ethyl adjacent to an activating group) is 1. The minimum Gasteiger partial charge on any atom is -0.387 e. The van der Waals surface area contributed by atoms with Crippen LogP contribution in [0.4, 0.5) is 0 Å². The summed E-state index contributed by atoms with van der Waals surface area (Å²) in [7, 11) is 1.45. The molecule has 0 aliphatic carbocycles. The first-order valence-electron chi connectivity index (χ1n) is 10.4. The third-order valence-electron chi connectivity index (χ3n) is 6.56. The van der Waals surface area contributed by atoms with Crippen LogP contribution in [0.2, 0.25) is 5.02 Å². The number of piperidine rings is 1. The molecule has 2 fully saturated rings. The molecule has 1 N–H and O–H groups in total. The topological polar surface area (TPSA) is 77.9 Å². The molecule has 0 bridgehead atoms. The number of aliphatic hydroxyl groups is 1. The van der Waals surface area contributed by atoms with Crippen LogP contribution >= 0.6 is 22.9 Å². The lowest BCUT2D eigenvalue weighted by atomic mass is 9.75. The Balaban J connectivity index is 1.50. The van der Waals surface area contributed by atoms with Crippen molar-refractivity contribution < 1.29 is 19.5 Å². The summed E-state index contributed by atoms with van der Waals surface area (Å²) in [5, 5.41) is 12.9. The summed E-state index contributed by atoms with van der Waals surface area (Å²) in [6.45, 7) is 1.03. The van der Waals surface area contributed by atoms with E-state index in [-0.39, 0.29) is 36.5 Å². The van der Waals surface area contributed by atoms with Gasteiger partial charge in [0.25, 0.3) is 0 Å².